The van der Waals surface area contributed by atoms with Gasteiger partial charge in [-0.3, -0.25) is 9.59 Å². The minimum Gasteiger partial charge on any atom is -0.484 e. The Hall–Kier alpha value is -2.80. The highest BCUT2D eigenvalue weighted by Gasteiger charge is 2.60. The van der Waals surface area contributed by atoms with E-state index < -0.39 is 0 Å². The van der Waals surface area contributed by atoms with Gasteiger partial charge in [0.15, 0.2) is 6.61 Å². The Labute approximate surface area is 212 Å². The lowest BCUT2D eigenvalue weighted by Crippen LogP contribution is -2.58. The minimum absolute atomic E-state index is 0.0317. The van der Waals surface area contributed by atoms with Crippen molar-refractivity contribution in [3.8, 4) is 5.75 Å². The van der Waals surface area contributed by atoms with E-state index in [0.29, 0.717) is 24.0 Å². The Balaban J connectivity index is 1.27. The van der Waals surface area contributed by atoms with E-state index in [4.69, 9.17) is 14.9 Å². The summed E-state index contributed by atoms with van der Waals surface area (Å²) in [4.78, 5) is 29.5. The molecule has 2 aromatic rings. The number of carbonyl (C=O) groups is 2. The van der Waals surface area contributed by atoms with Crippen LogP contribution in [0.1, 0.15) is 55.4 Å². The summed E-state index contributed by atoms with van der Waals surface area (Å²) in [5.41, 5.74) is 8.09. The van der Waals surface area contributed by atoms with Gasteiger partial charge in [-0.2, -0.15) is 0 Å². The predicted molar refractivity (Wildman–Crippen MR) is 136 cm³/mol. The third-order valence-corrected chi connectivity index (χ3v) is 9.39. The van der Waals surface area contributed by atoms with Gasteiger partial charge in [-0.15, -0.1) is 0 Å². The first-order chi connectivity index (χ1) is 17.3. The molecule has 192 valence electrons. The van der Waals surface area contributed by atoms with Crippen molar-refractivity contribution in [2.24, 2.45) is 23.0 Å². The standard InChI is InChI=1S/C29H37N3O4/c1-31-6-8-32(9-7-31)26(33)18-36-24-4-5-25(22(13-24)12-23-3-2-10-35-23)28-14-20-11-21(15-28)17-29(16-20,19-28)27(30)34/h2-5,10,13,20-21H,6-9,11-12,14-19H2,1H3,(H2,30,34). The monoisotopic (exact) mass is 491 g/mol. The van der Waals surface area contributed by atoms with Gasteiger partial charge in [-0.05, 0) is 98.2 Å². The van der Waals surface area contributed by atoms with Crippen LogP contribution in [0.4, 0.5) is 0 Å². The van der Waals surface area contributed by atoms with Crippen LogP contribution >= 0.6 is 0 Å². The van der Waals surface area contributed by atoms with Gasteiger partial charge in [-0.1, -0.05) is 6.07 Å². The zero-order chi connectivity index (χ0) is 24.9. The molecule has 2 amide bonds. The maximum Gasteiger partial charge on any atom is 0.260 e. The predicted octanol–water partition coefficient (Wildman–Crippen LogP) is 3.35. The van der Waals surface area contributed by atoms with Crippen LogP contribution in [-0.4, -0.2) is 61.4 Å². The highest BCUT2D eigenvalue weighted by atomic mass is 16.5. The topological polar surface area (TPSA) is 89.0 Å². The molecule has 1 aliphatic heterocycles. The van der Waals surface area contributed by atoms with Crippen LogP contribution < -0.4 is 10.5 Å². The lowest BCUT2D eigenvalue weighted by atomic mass is 9.42. The van der Waals surface area contributed by atoms with Crippen molar-refractivity contribution in [1.29, 1.82) is 0 Å². The average Bonchev–Trinajstić information content (AvgIpc) is 3.35. The van der Waals surface area contributed by atoms with Crippen molar-refractivity contribution in [3.05, 3.63) is 53.5 Å². The van der Waals surface area contributed by atoms with E-state index in [0.717, 1.165) is 69.6 Å². The second-order valence-corrected chi connectivity index (χ2v) is 11.9. The fraction of sp³-hybridized carbons (Fsp3) is 0.586. The molecule has 1 aromatic carbocycles. The molecular weight excluding hydrogens is 454 g/mol. The number of hydrogen-bond acceptors (Lipinski definition) is 5. The van der Waals surface area contributed by atoms with Crippen LogP contribution in [0.3, 0.4) is 0 Å². The summed E-state index contributed by atoms with van der Waals surface area (Å²) in [6.45, 7) is 3.32. The molecule has 2 unspecified atom stereocenters. The van der Waals surface area contributed by atoms with Crippen LogP contribution in [0, 0.1) is 17.3 Å². The molecule has 4 saturated carbocycles. The van der Waals surface area contributed by atoms with E-state index in [1.807, 2.05) is 23.1 Å². The Morgan fingerprint density at radius 3 is 2.50 bits per heavy atom. The summed E-state index contributed by atoms with van der Waals surface area (Å²) in [6.07, 6.45) is 8.56. The fourth-order valence-electron chi connectivity index (χ4n) is 8.08. The highest BCUT2D eigenvalue weighted by molar-refractivity contribution is 5.82. The molecule has 1 aromatic heterocycles. The first-order valence-corrected chi connectivity index (χ1v) is 13.4. The van der Waals surface area contributed by atoms with Crippen molar-refractivity contribution in [3.63, 3.8) is 0 Å². The number of benzene rings is 1. The number of rotatable bonds is 7. The van der Waals surface area contributed by atoms with Crippen LogP contribution in [0.5, 0.6) is 5.75 Å². The highest BCUT2D eigenvalue weighted by Crippen LogP contribution is 2.66. The number of piperazine rings is 1. The van der Waals surface area contributed by atoms with E-state index in [2.05, 4.69) is 24.1 Å². The summed E-state index contributed by atoms with van der Waals surface area (Å²) in [7, 11) is 2.08. The zero-order valence-electron chi connectivity index (χ0n) is 21.2. The molecule has 7 heteroatoms. The molecule has 4 bridgehead atoms. The average molecular weight is 492 g/mol. The quantitative estimate of drug-likeness (QED) is 0.642. The van der Waals surface area contributed by atoms with Gasteiger partial charge in [0, 0.05) is 32.6 Å². The first kappa shape index (κ1) is 23.6. The van der Waals surface area contributed by atoms with Crippen LogP contribution in [-0.2, 0) is 21.4 Å². The summed E-state index contributed by atoms with van der Waals surface area (Å²) in [5, 5.41) is 0. The van der Waals surface area contributed by atoms with E-state index >= 15 is 0 Å². The van der Waals surface area contributed by atoms with Gasteiger partial charge in [0.05, 0.1) is 11.7 Å². The number of amides is 2. The fourth-order valence-corrected chi connectivity index (χ4v) is 8.08. The normalized spacial score (nSPS) is 31.5. The Morgan fingerprint density at radius 2 is 1.83 bits per heavy atom. The number of nitrogens with zero attached hydrogens (tertiary/aromatic N) is 2. The second kappa shape index (κ2) is 8.94. The summed E-state index contributed by atoms with van der Waals surface area (Å²) in [5.74, 6) is 2.65. The number of primary amides is 1. The number of hydrogen-bond donors (Lipinski definition) is 1. The molecule has 2 atom stereocenters. The molecule has 7 rings (SSSR count). The smallest absolute Gasteiger partial charge is 0.260 e. The number of likely N-dealkylation sites (N-methyl/N-ethyl adjacent to an activating group) is 1. The van der Waals surface area contributed by atoms with Gasteiger partial charge in [0.1, 0.15) is 11.5 Å². The third-order valence-electron chi connectivity index (χ3n) is 9.39. The van der Waals surface area contributed by atoms with Crippen LogP contribution in [0.2, 0.25) is 0 Å². The van der Waals surface area contributed by atoms with Crippen LogP contribution in [0.15, 0.2) is 41.0 Å². The molecule has 0 spiro atoms. The maximum atomic E-state index is 12.7. The maximum absolute atomic E-state index is 12.7. The van der Waals surface area contributed by atoms with Crippen molar-refractivity contribution in [1.82, 2.24) is 9.80 Å². The molecule has 5 fully saturated rings. The number of nitrogens with two attached hydrogens (primary N) is 1. The summed E-state index contributed by atoms with van der Waals surface area (Å²) >= 11 is 0. The number of ether oxygens (including phenoxy) is 1. The minimum atomic E-state index is -0.365. The van der Waals surface area contributed by atoms with Gasteiger partial charge >= 0.3 is 0 Å². The van der Waals surface area contributed by atoms with E-state index in [1.165, 1.54) is 12.0 Å². The summed E-state index contributed by atoms with van der Waals surface area (Å²) in [6, 6.07) is 10.2. The molecule has 5 aliphatic rings. The van der Waals surface area contributed by atoms with Crippen molar-refractivity contribution in [2.75, 3.05) is 39.8 Å². The van der Waals surface area contributed by atoms with Gasteiger partial charge in [0.2, 0.25) is 5.91 Å². The van der Waals surface area contributed by atoms with Crippen molar-refractivity contribution >= 4 is 11.8 Å². The molecule has 1 saturated heterocycles. The molecule has 4 aliphatic carbocycles. The largest absolute Gasteiger partial charge is 0.484 e. The van der Waals surface area contributed by atoms with E-state index in [-0.39, 0.29) is 29.3 Å². The Bertz CT molecular complexity index is 1120. The molecule has 7 nitrogen and oxygen atoms in total. The van der Waals surface area contributed by atoms with Gasteiger partial charge in [0.25, 0.3) is 5.91 Å². The molecule has 2 N–H and O–H groups in total. The molecule has 2 heterocycles. The van der Waals surface area contributed by atoms with Gasteiger partial charge < -0.3 is 24.7 Å². The lowest BCUT2D eigenvalue weighted by molar-refractivity contribution is -0.145. The van der Waals surface area contributed by atoms with E-state index in [9.17, 15) is 9.59 Å². The molecular formula is C29H37N3O4. The van der Waals surface area contributed by atoms with E-state index in [1.54, 1.807) is 6.26 Å². The lowest BCUT2D eigenvalue weighted by Gasteiger charge is -2.61. The van der Waals surface area contributed by atoms with Crippen LogP contribution in [0.25, 0.3) is 0 Å². The zero-order valence-corrected chi connectivity index (χ0v) is 21.2. The number of carbonyl (C=O) groups excluding carboxylic acids is 2. The SMILES string of the molecule is CN1CCN(C(=O)COc2ccc(C34CC5CC(CC(C(N)=O)(C5)C3)C4)c(Cc3ccco3)c2)CC1. The third kappa shape index (κ3) is 4.21. The second-order valence-electron chi connectivity index (χ2n) is 11.9. The van der Waals surface area contributed by atoms with Gasteiger partial charge in [-0.25, -0.2) is 0 Å². The summed E-state index contributed by atoms with van der Waals surface area (Å²) < 4.78 is 11.7. The van der Waals surface area contributed by atoms with Crippen molar-refractivity contribution in [2.45, 2.75) is 50.4 Å². The molecule has 0 radical (unpaired) electrons. The number of furan rings is 1. The molecule has 36 heavy (non-hydrogen) atoms. The Kier molecular flexibility index (Phi) is 5.86. The first-order valence-electron chi connectivity index (χ1n) is 13.4. The van der Waals surface area contributed by atoms with Crippen molar-refractivity contribution < 1.29 is 18.7 Å². The Morgan fingerprint density at radius 1 is 1.08 bits per heavy atom.